The van der Waals surface area contributed by atoms with Crippen molar-refractivity contribution in [1.29, 1.82) is 0 Å². The fourth-order valence-electron chi connectivity index (χ4n) is 1.84. The van der Waals surface area contributed by atoms with E-state index in [9.17, 15) is 0 Å². The summed E-state index contributed by atoms with van der Waals surface area (Å²) in [6.07, 6.45) is 2.68. The SMILES string of the molecule is Cc1coc2ccc(CC(C)(C)N)cc12. The summed E-state index contributed by atoms with van der Waals surface area (Å²) in [7, 11) is 0. The average Bonchev–Trinajstić information content (AvgIpc) is 2.45. The lowest BCUT2D eigenvalue weighted by Gasteiger charge is -2.18. The normalized spacial score (nSPS) is 12.3. The maximum atomic E-state index is 6.00. The molecule has 0 bridgehead atoms. The summed E-state index contributed by atoms with van der Waals surface area (Å²) >= 11 is 0. The highest BCUT2D eigenvalue weighted by Crippen LogP contribution is 2.23. The first-order valence-electron chi connectivity index (χ1n) is 5.21. The number of hydrogen-bond acceptors (Lipinski definition) is 2. The van der Waals surface area contributed by atoms with Gasteiger partial charge in [-0.1, -0.05) is 6.07 Å². The summed E-state index contributed by atoms with van der Waals surface area (Å²) < 4.78 is 5.40. The first-order chi connectivity index (χ1) is 6.96. The van der Waals surface area contributed by atoms with Crippen LogP contribution in [-0.2, 0) is 6.42 Å². The Kier molecular flexibility index (Phi) is 2.31. The number of benzene rings is 1. The van der Waals surface area contributed by atoms with Crippen LogP contribution in [0.5, 0.6) is 0 Å². The highest BCUT2D eigenvalue weighted by atomic mass is 16.3. The highest BCUT2D eigenvalue weighted by Gasteiger charge is 2.12. The van der Waals surface area contributed by atoms with Crippen LogP contribution in [0, 0.1) is 6.92 Å². The smallest absolute Gasteiger partial charge is 0.134 e. The van der Waals surface area contributed by atoms with Crippen molar-refractivity contribution in [3.05, 3.63) is 35.6 Å². The summed E-state index contributed by atoms with van der Waals surface area (Å²) in [6.45, 7) is 6.14. The fraction of sp³-hybridized carbons (Fsp3) is 0.385. The first kappa shape index (κ1) is 10.2. The second kappa shape index (κ2) is 3.38. The molecule has 0 radical (unpaired) electrons. The molecular weight excluding hydrogens is 186 g/mol. The Morgan fingerprint density at radius 1 is 1.33 bits per heavy atom. The van der Waals surface area contributed by atoms with Gasteiger partial charge in [0.15, 0.2) is 0 Å². The van der Waals surface area contributed by atoms with E-state index in [1.54, 1.807) is 6.26 Å². The van der Waals surface area contributed by atoms with Crippen LogP contribution in [0.25, 0.3) is 11.0 Å². The summed E-state index contributed by atoms with van der Waals surface area (Å²) in [5, 5.41) is 1.19. The van der Waals surface area contributed by atoms with Gasteiger partial charge in [-0.05, 0) is 50.5 Å². The van der Waals surface area contributed by atoms with E-state index in [4.69, 9.17) is 10.2 Å². The van der Waals surface area contributed by atoms with Gasteiger partial charge in [0.1, 0.15) is 5.58 Å². The molecule has 0 spiro atoms. The van der Waals surface area contributed by atoms with Crippen LogP contribution in [0.3, 0.4) is 0 Å². The van der Waals surface area contributed by atoms with Crippen molar-refractivity contribution in [2.24, 2.45) is 5.73 Å². The minimum Gasteiger partial charge on any atom is -0.464 e. The summed E-state index contributed by atoms with van der Waals surface area (Å²) in [5.74, 6) is 0. The van der Waals surface area contributed by atoms with Crippen molar-refractivity contribution < 1.29 is 4.42 Å². The van der Waals surface area contributed by atoms with Crippen LogP contribution in [-0.4, -0.2) is 5.54 Å². The molecule has 0 saturated heterocycles. The summed E-state index contributed by atoms with van der Waals surface area (Å²) in [6, 6.07) is 6.27. The van der Waals surface area contributed by atoms with E-state index in [0.717, 1.165) is 12.0 Å². The van der Waals surface area contributed by atoms with Gasteiger partial charge in [0.2, 0.25) is 0 Å². The van der Waals surface area contributed by atoms with Gasteiger partial charge < -0.3 is 10.2 Å². The van der Waals surface area contributed by atoms with Crippen LogP contribution in [0.2, 0.25) is 0 Å². The quantitative estimate of drug-likeness (QED) is 0.814. The zero-order valence-electron chi connectivity index (χ0n) is 9.50. The van der Waals surface area contributed by atoms with E-state index in [0.29, 0.717) is 0 Å². The number of aryl methyl sites for hydroxylation is 1. The van der Waals surface area contributed by atoms with Crippen LogP contribution in [0.4, 0.5) is 0 Å². The van der Waals surface area contributed by atoms with Gasteiger partial charge in [-0.3, -0.25) is 0 Å². The number of rotatable bonds is 2. The van der Waals surface area contributed by atoms with Crippen LogP contribution >= 0.6 is 0 Å². The number of furan rings is 1. The molecule has 0 saturated carbocycles. The molecule has 0 fully saturated rings. The third kappa shape index (κ3) is 2.21. The average molecular weight is 203 g/mol. The Morgan fingerprint density at radius 2 is 2.07 bits per heavy atom. The molecule has 2 nitrogen and oxygen atoms in total. The molecule has 0 aliphatic carbocycles. The van der Waals surface area contributed by atoms with E-state index in [2.05, 4.69) is 19.1 Å². The molecule has 0 aliphatic heterocycles. The van der Waals surface area contributed by atoms with Gasteiger partial charge in [-0.15, -0.1) is 0 Å². The van der Waals surface area contributed by atoms with Crippen molar-refractivity contribution in [3.8, 4) is 0 Å². The standard InChI is InChI=1S/C13H17NO/c1-9-8-15-12-5-4-10(6-11(9)12)7-13(2,3)14/h4-6,8H,7,14H2,1-3H3. The molecule has 1 aromatic heterocycles. The number of fused-ring (bicyclic) bond motifs is 1. The molecule has 2 N–H and O–H groups in total. The monoisotopic (exact) mass is 203 g/mol. The molecule has 2 rings (SSSR count). The summed E-state index contributed by atoms with van der Waals surface area (Å²) in [5.41, 5.74) is 9.24. The minimum absolute atomic E-state index is 0.161. The molecular formula is C13H17NO. The van der Waals surface area contributed by atoms with E-state index in [1.165, 1.54) is 16.5 Å². The van der Waals surface area contributed by atoms with Gasteiger partial charge in [-0.25, -0.2) is 0 Å². The third-order valence-corrected chi connectivity index (χ3v) is 2.49. The van der Waals surface area contributed by atoms with Crippen molar-refractivity contribution >= 4 is 11.0 Å². The fourth-order valence-corrected chi connectivity index (χ4v) is 1.84. The van der Waals surface area contributed by atoms with E-state index in [-0.39, 0.29) is 5.54 Å². The maximum absolute atomic E-state index is 6.00. The topological polar surface area (TPSA) is 39.2 Å². The molecule has 1 heterocycles. The Balaban J connectivity index is 2.42. The number of nitrogens with two attached hydrogens (primary N) is 1. The highest BCUT2D eigenvalue weighted by molar-refractivity contribution is 5.81. The predicted molar refractivity (Wildman–Crippen MR) is 62.9 cm³/mol. The second-order valence-corrected chi connectivity index (χ2v) is 4.91. The van der Waals surface area contributed by atoms with Gasteiger partial charge in [0.25, 0.3) is 0 Å². The second-order valence-electron chi connectivity index (χ2n) is 4.91. The number of hydrogen-bond donors (Lipinski definition) is 1. The van der Waals surface area contributed by atoms with Crippen LogP contribution < -0.4 is 5.73 Å². The van der Waals surface area contributed by atoms with Gasteiger partial charge >= 0.3 is 0 Å². The van der Waals surface area contributed by atoms with Crippen molar-refractivity contribution in [3.63, 3.8) is 0 Å². The van der Waals surface area contributed by atoms with Gasteiger partial charge in [0, 0.05) is 10.9 Å². The largest absolute Gasteiger partial charge is 0.464 e. The molecule has 0 aliphatic rings. The molecule has 0 amide bonds. The van der Waals surface area contributed by atoms with E-state index < -0.39 is 0 Å². The van der Waals surface area contributed by atoms with Crippen molar-refractivity contribution in [1.82, 2.24) is 0 Å². The lowest BCUT2D eigenvalue weighted by Crippen LogP contribution is -2.34. The third-order valence-electron chi connectivity index (χ3n) is 2.49. The van der Waals surface area contributed by atoms with Crippen LogP contribution in [0.15, 0.2) is 28.9 Å². The Labute approximate surface area is 90.1 Å². The predicted octanol–water partition coefficient (Wildman–Crippen LogP) is 3.02. The molecule has 1 aromatic carbocycles. The first-order valence-corrected chi connectivity index (χ1v) is 5.21. The zero-order valence-corrected chi connectivity index (χ0v) is 9.50. The van der Waals surface area contributed by atoms with Crippen molar-refractivity contribution in [2.75, 3.05) is 0 Å². The Bertz CT molecular complexity index is 477. The van der Waals surface area contributed by atoms with E-state index >= 15 is 0 Å². The van der Waals surface area contributed by atoms with Gasteiger partial charge in [-0.2, -0.15) is 0 Å². The maximum Gasteiger partial charge on any atom is 0.134 e. The molecule has 80 valence electrons. The molecule has 2 heteroatoms. The lowest BCUT2D eigenvalue weighted by atomic mass is 9.95. The Morgan fingerprint density at radius 3 is 2.73 bits per heavy atom. The van der Waals surface area contributed by atoms with E-state index in [1.807, 2.05) is 19.9 Å². The zero-order chi connectivity index (χ0) is 11.1. The molecule has 0 unspecified atom stereocenters. The van der Waals surface area contributed by atoms with Crippen molar-refractivity contribution in [2.45, 2.75) is 32.7 Å². The summed E-state index contributed by atoms with van der Waals surface area (Å²) in [4.78, 5) is 0. The lowest BCUT2D eigenvalue weighted by molar-refractivity contribution is 0.517. The molecule has 2 aromatic rings. The van der Waals surface area contributed by atoms with Crippen LogP contribution in [0.1, 0.15) is 25.0 Å². The van der Waals surface area contributed by atoms with Gasteiger partial charge in [0.05, 0.1) is 6.26 Å². The Hall–Kier alpha value is -1.28. The molecule has 15 heavy (non-hydrogen) atoms. The molecule has 0 atom stereocenters. The minimum atomic E-state index is -0.161.